The molecule has 0 bridgehead atoms. The quantitative estimate of drug-likeness (QED) is 0.481. The summed E-state index contributed by atoms with van der Waals surface area (Å²) in [5.41, 5.74) is 1.57. The highest BCUT2D eigenvalue weighted by Crippen LogP contribution is 2.32. The van der Waals surface area contributed by atoms with Crippen LogP contribution in [-0.4, -0.2) is 41.1 Å². The number of amides is 3. The Bertz CT molecular complexity index is 1020. The summed E-state index contributed by atoms with van der Waals surface area (Å²) in [5.74, 6) is -1.49. The molecule has 0 spiro atoms. The number of imide groups is 1. The fraction of sp³-hybridized carbons (Fsp3) is 0.143. The Balaban J connectivity index is 1.62. The first-order chi connectivity index (χ1) is 14.4. The van der Waals surface area contributed by atoms with E-state index in [4.69, 9.17) is 4.74 Å². The molecule has 1 aliphatic heterocycles. The first kappa shape index (κ1) is 21.8. The van der Waals surface area contributed by atoms with Crippen LogP contribution in [0.25, 0.3) is 6.08 Å². The predicted molar refractivity (Wildman–Crippen MR) is 118 cm³/mol. The minimum Gasteiger partial charge on any atom is -0.462 e. The third-order valence-electron chi connectivity index (χ3n) is 4.02. The van der Waals surface area contributed by atoms with Crippen molar-refractivity contribution in [3.63, 3.8) is 0 Å². The molecule has 9 heteroatoms. The zero-order chi connectivity index (χ0) is 21.7. The normalized spacial score (nSPS) is 14.9. The van der Waals surface area contributed by atoms with Crippen molar-refractivity contribution >= 4 is 62.5 Å². The lowest BCUT2D eigenvalue weighted by Gasteiger charge is -2.12. The second kappa shape index (κ2) is 9.73. The SMILES string of the molecule is CCOC(=O)c1ccc(NC(=O)CN2C(=O)S/C(=C\c3ccc(Br)cc3)C2=O)cc1. The number of esters is 1. The molecule has 1 saturated heterocycles. The van der Waals surface area contributed by atoms with Gasteiger partial charge in [-0.2, -0.15) is 0 Å². The van der Waals surface area contributed by atoms with Crippen LogP contribution in [0.15, 0.2) is 57.9 Å². The summed E-state index contributed by atoms with van der Waals surface area (Å²) in [6.07, 6.45) is 1.61. The molecule has 30 heavy (non-hydrogen) atoms. The minimum atomic E-state index is -0.522. The molecule has 0 atom stereocenters. The van der Waals surface area contributed by atoms with Crippen molar-refractivity contribution in [3.8, 4) is 0 Å². The number of nitrogens with zero attached hydrogens (tertiary/aromatic N) is 1. The maximum atomic E-state index is 12.5. The van der Waals surface area contributed by atoms with Crippen molar-refractivity contribution < 1.29 is 23.9 Å². The van der Waals surface area contributed by atoms with Gasteiger partial charge in [0.25, 0.3) is 11.1 Å². The fourth-order valence-corrected chi connectivity index (χ4v) is 3.70. The van der Waals surface area contributed by atoms with E-state index in [0.29, 0.717) is 11.3 Å². The highest BCUT2D eigenvalue weighted by molar-refractivity contribution is 9.10. The lowest BCUT2D eigenvalue weighted by molar-refractivity contribution is -0.127. The summed E-state index contributed by atoms with van der Waals surface area (Å²) < 4.78 is 5.80. The Kier molecular flexibility index (Phi) is 7.07. The number of carbonyl (C=O) groups excluding carboxylic acids is 4. The van der Waals surface area contributed by atoms with E-state index < -0.39 is 29.6 Å². The number of hydrogen-bond donors (Lipinski definition) is 1. The van der Waals surface area contributed by atoms with Crippen LogP contribution in [0.1, 0.15) is 22.8 Å². The minimum absolute atomic E-state index is 0.258. The molecule has 1 N–H and O–H groups in total. The van der Waals surface area contributed by atoms with E-state index in [1.807, 2.05) is 24.3 Å². The highest BCUT2D eigenvalue weighted by Gasteiger charge is 2.36. The molecule has 2 aromatic rings. The zero-order valence-electron chi connectivity index (χ0n) is 15.9. The van der Waals surface area contributed by atoms with Gasteiger partial charge >= 0.3 is 5.97 Å². The highest BCUT2D eigenvalue weighted by atomic mass is 79.9. The van der Waals surface area contributed by atoms with Crippen LogP contribution in [0.4, 0.5) is 10.5 Å². The molecule has 0 radical (unpaired) electrons. The summed E-state index contributed by atoms with van der Waals surface area (Å²) >= 11 is 4.13. The first-order valence-electron chi connectivity index (χ1n) is 8.95. The van der Waals surface area contributed by atoms with Gasteiger partial charge in [-0.1, -0.05) is 28.1 Å². The van der Waals surface area contributed by atoms with Gasteiger partial charge in [-0.3, -0.25) is 19.3 Å². The zero-order valence-corrected chi connectivity index (χ0v) is 18.3. The third-order valence-corrected chi connectivity index (χ3v) is 5.46. The average Bonchev–Trinajstić information content (AvgIpc) is 2.98. The molecule has 3 amide bonds. The molecule has 1 fully saturated rings. The lowest BCUT2D eigenvalue weighted by Crippen LogP contribution is -2.36. The smallest absolute Gasteiger partial charge is 0.338 e. The van der Waals surface area contributed by atoms with Crippen molar-refractivity contribution in [1.29, 1.82) is 0 Å². The monoisotopic (exact) mass is 488 g/mol. The summed E-state index contributed by atoms with van der Waals surface area (Å²) in [5, 5.41) is 2.10. The molecule has 3 rings (SSSR count). The summed E-state index contributed by atoms with van der Waals surface area (Å²) in [4.78, 5) is 49.8. The number of benzene rings is 2. The maximum Gasteiger partial charge on any atom is 0.338 e. The van der Waals surface area contributed by atoms with Gasteiger partial charge in [0.05, 0.1) is 17.1 Å². The molecule has 0 unspecified atom stereocenters. The Morgan fingerprint density at radius 1 is 1.10 bits per heavy atom. The first-order valence-corrected chi connectivity index (χ1v) is 10.6. The molecule has 0 saturated carbocycles. The van der Waals surface area contributed by atoms with Crippen LogP contribution in [0, 0.1) is 0 Å². The van der Waals surface area contributed by atoms with Crippen molar-refractivity contribution in [2.75, 3.05) is 18.5 Å². The van der Waals surface area contributed by atoms with E-state index in [9.17, 15) is 19.2 Å². The number of carbonyl (C=O) groups is 4. The average molecular weight is 489 g/mol. The van der Waals surface area contributed by atoms with E-state index in [1.165, 1.54) is 12.1 Å². The van der Waals surface area contributed by atoms with E-state index in [-0.39, 0.29) is 11.5 Å². The van der Waals surface area contributed by atoms with Crippen molar-refractivity contribution in [2.24, 2.45) is 0 Å². The van der Waals surface area contributed by atoms with Gasteiger partial charge in [-0.05, 0) is 66.7 Å². The van der Waals surface area contributed by atoms with Gasteiger partial charge in [0, 0.05) is 10.2 Å². The van der Waals surface area contributed by atoms with E-state index >= 15 is 0 Å². The largest absolute Gasteiger partial charge is 0.462 e. The number of halogens is 1. The van der Waals surface area contributed by atoms with E-state index in [0.717, 1.165) is 26.7 Å². The number of thioether (sulfide) groups is 1. The molecule has 1 aliphatic rings. The summed E-state index contributed by atoms with van der Waals surface area (Å²) in [7, 11) is 0. The van der Waals surface area contributed by atoms with Crippen molar-refractivity contribution in [2.45, 2.75) is 6.92 Å². The van der Waals surface area contributed by atoms with Gasteiger partial charge in [-0.25, -0.2) is 4.79 Å². The van der Waals surface area contributed by atoms with Gasteiger partial charge in [-0.15, -0.1) is 0 Å². The molecule has 2 aromatic carbocycles. The van der Waals surface area contributed by atoms with Crippen LogP contribution in [-0.2, 0) is 14.3 Å². The molecule has 1 heterocycles. The summed E-state index contributed by atoms with van der Waals surface area (Å²) in [6, 6.07) is 13.4. The molecule has 0 aliphatic carbocycles. The molecule has 7 nitrogen and oxygen atoms in total. The standard InChI is InChI=1S/C21H17BrN2O5S/c1-2-29-20(27)14-5-9-16(10-6-14)23-18(25)12-24-19(26)17(30-21(24)28)11-13-3-7-15(22)8-4-13/h3-11H,2,12H2,1H3,(H,23,25)/b17-11-. The van der Waals surface area contributed by atoms with Gasteiger partial charge in [0.15, 0.2) is 0 Å². The predicted octanol–water partition coefficient (Wildman–Crippen LogP) is 4.30. The number of anilines is 1. The van der Waals surface area contributed by atoms with Crippen LogP contribution >= 0.6 is 27.7 Å². The van der Waals surface area contributed by atoms with Gasteiger partial charge in [0.2, 0.25) is 5.91 Å². The van der Waals surface area contributed by atoms with Crippen LogP contribution < -0.4 is 5.32 Å². The van der Waals surface area contributed by atoms with E-state index in [1.54, 1.807) is 25.1 Å². The summed E-state index contributed by atoms with van der Waals surface area (Å²) in [6.45, 7) is 1.58. The number of hydrogen-bond acceptors (Lipinski definition) is 6. The molecule has 154 valence electrons. The maximum absolute atomic E-state index is 12.5. The Hall–Kier alpha value is -2.91. The Labute approximate surface area is 185 Å². The van der Waals surface area contributed by atoms with E-state index in [2.05, 4.69) is 21.2 Å². The van der Waals surface area contributed by atoms with Gasteiger partial charge in [0.1, 0.15) is 6.54 Å². The number of ether oxygens (including phenoxy) is 1. The second-order valence-corrected chi connectivity index (χ2v) is 8.07. The lowest BCUT2D eigenvalue weighted by atomic mass is 10.2. The fourth-order valence-electron chi connectivity index (χ4n) is 2.59. The van der Waals surface area contributed by atoms with Crippen molar-refractivity contribution in [3.05, 3.63) is 69.0 Å². The Morgan fingerprint density at radius 3 is 2.40 bits per heavy atom. The number of nitrogens with one attached hydrogen (secondary N) is 1. The topological polar surface area (TPSA) is 92.8 Å². The van der Waals surface area contributed by atoms with Crippen LogP contribution in [0.2, 0.25) is 0 Å². The van der Waals surface area contributed by atoms with Crippen LogP contribution in [0.3, 0.4) is 0 Å². The van der Waals surface area contributed by atoms with Crippen LogP contribution in [0.5, 0.6) is 0 Å². The second-order valence-electron chi connectivity index (χ2n) is 6.17. The molecular weight excluding hydrogens is 472 g/mol. The molecule has 0 aromatic heterocycles. The number of rotatable bonds is 6. The van der Waals surface area contributed by atoms with Crippen molar-refractivity contribution in [1.82, 2.24) is 4.90 Å². The molecular formula is C21H17BrN2O5S. The third kappa shape index (κ3) is 5.37. The Morgan fingerprint density at radius 2 is 1.77 bits per heavy atom. The van der Waals surface area contributed by atoms with Gasteiger partial charge < -0.3 is 10.1 Å².